The smallest absolute Gasteiger partial charge is 0.234 e. The van der Waals surface area contributed by atoms with E-state index in [1.165, 1.54) is 16.4 Å². The number of nitrogens with two attached hydrogens (primary N) is 1. The van der Waals surface area contributed by atoms with Crippen LogP contribution in [0.3, 0.4) is 0 Å². The van der Waals surface area contributed by atoms with Gasteiger partial charge in [-0.05, 0) is 53.8 Å². The first-order chi connectivity index (χ1) is 11.5. The van der Waals surface area contributed by atoms with Gasteiger partial charge < -0.3 is 15.6 Å². The van der Waals surface area contributed by atoms with Gasteiger partial charge in [-0.3, -0.25) is 4.79 Å². The number of carbonyl (C=O) groups is 1. The number of carbonyl (C=O) groups excluding carboxylic acids is 1. The van der Waals surface area contributed by atoms with Gasteiger partial charge in [0.05, 0.1) is 17.6 Å². The predicted molar refractivity (Wildman–Crippen MR) is 101 cm³/mol. The van der Waals surface area contributed by atoms with Gasteiger partial charge in [0.15, 0.2) is 5.82 Å². The Morgan fingerprint density at radius 1 is 1.42 bits per heavy atom. The Labute approximate surface area is 156 Å². The van der Waals surface area contributed by atoms with Crippen LogP contribution in [0.5, 0.6) is 0 Å². The van der Waals surface area contributed by atoms with Crippen LogP contribution in [0, 0.1) is 10.5 Å². The van der Waals surface area contributed by atoms with Crippen molar-refractivity contribution in [1.29, 1.82) is 0 Å². The highest BCUT2D eigenvalue weighted by Gasteiger charge is 2.16. The highest BCUT2D eigenvalue weighted by atomic mass is 127. The lowest BCUT2D eigenvalue weighted by Gasteiger charge is -2.05. The third-order valence-corrected chi connectivity index (χ3v) is 4.82. The molecule has 124 valence electrons. The fraction of sp³-hybridized carbons (Fsp3) is 0.133. The molecule has 3 rings (SSSR count). The fourth-order valence-corrected chi connectivity index (χ4v) is 3.27. The van der Waals surface area contributed by atoms with Gasteiger partial charge >= 0.3 is 0 Å². The van der Waals surface area contributed by atoms with E-state index < -0.39 is 0 Å². The van der Waals surface area contributed by atoms with Crippen LogP contribution in [-0.2, 0) is 4.79 Å². The molecule has 0 fully saturated rings. The molecule has 3 N–H and O–H groups in total. The lowest BCUT2D eigenvalue weighted by Crippen LogP contribution is -2.16. The second-order valence-electron chi connectivity index (χ2n) is 4.91. The van der Waals surface area contributed by atoms with Crippen LogP contribution in [0.25, 0.3) is 11.4 Å². The molecule has 0 saturated heterocycles. The van der Waals surface area contributed by atoms with Gasteiger partial charge in [-0.25, -0.2) is 4.68 Å². The number of nitrogens with zero attached hydrogens (tertiary/aromatic N) is 3. The standard InChI is InChI=1S/C15H14IN5O2S/c1-9-12(5-6-23-9)14-19-20-15(21(14)17)24-8-13(22)18-11-4-2-3-10(16)7-11/h2-7H,8,17H2,1H3,(H,18,22). The maximum absolute atomic E-state index is 12.1. The summed E-state index contributed by atoms with van der Waals surface area (Å²) in [5, 5.41) is 11.4. The number of hydrogen-bond donors (Lipinski definition) is 2. The van der Waals surface area contributed by atoms with Crippen LogP contribution in [0.15, 0.2) is 46.2 Å². The number of hydrogen-bond acceptors (Lipinski definition) is 6. The molecule has 2 aromatic heterocycles. The van der Waals surface area contributed by atoms with E-state index in [4.69, 9.17) is 10.3 Å². The summed E-state index contributed by atoms with van der Waals surface area (Å²) in [6.07, 6.45) is 1.57. The minimum atomic E-state index is -0.133. The number of anilines is 1. The summed E-state index contributed by atoms with van der Waals surface area (Å²) in [6.45, 7) is 1.82. The molecule has 7 nitrogen and oxygen atoms in total. The number of nitrogen functional groups attached to an aromatic ring is 1. The highest BCUT2D eigenvalue weighted by Crippen LogP contribution is 2.25. The number of amides is 1. The monoisotopic (exact) mass is 455 g/mol. The van der Waals surface area contributed by atoms with Crippen LogP contribution in [0.4, 0.5) is 5.69 Å². The predicted octanol–water partition coefficient (Wildman–Crippen LogP) is 2.90. The zero-order chi connectivity index (χ0) is 17.1. The van der Waals surface area contributed by atoms with E-state index in [1.807, 2.05) is 31.2 Å². The van der Waals surface area contributed by atoms with Gasteiger partial charge in [0.1, 0.15) is 5.76 Å². The summed E-state index contributed by atoms with van der Waals surface area (Å²) in [7, 11) is 0. The van der Waals surface area contributed by atoms with Crippen molar-refractivity contribution in [2.24, 2.45) is 0 Å². The number of benzene rings is 1. The van der Waals surface area contributed by atoms with E-state index in [-0.39, 0.29) is 11.7 Å². The van der Waals surface area contributed by atoms with Gasteiger partial charge in [0.2, 0.25) is 11.1 Å². The molecule has 24 heavy (non-hydrogen) atoms. The molecule has 0 saturated carbocycles. The van der Waals surface area contributed by atoms with Crippen molar-refractivity contribution < 1.29 is 9.21 Å². The van der Waals surface area contributed by atoms with Gasteiger partial charge in [0.25, 0.3) is 0 Å². The van der Waals surface area contributed by atoms with Crippen molar-refractivity contribution in [3.8, 4) is 11.4 Å². The Kier molecular flexibility index (Phi) is 5.09. The number of nitrogens with one attached hydrogen (secondary N) is 1. The number of furan rings is 1. The normalized spacial score (nSPS) is 10.8. The number of halogens is 1. The summed E-state index contributed by atoms with van der Waals surface area (Å²) >= 11 is 3.42. The fourth-order valence-electron chi connectivity index (χ4n) is 2.07. The van der Waals surface area contributed by atoms with E-state index in [0.717, 1.165) is 14.8 Å². The molecule has 0 bridgehead atoms. The third kappa shape index (κ3) is 3.73. The van der Waals surface area contributed by atoms with Crippen LogP contribution < -0.4 is 11.2 Å². The molecule has 0 aliphatic carbocycles. The number of rotatable bonds is 5. The average molecular weight is 455 g/mol. The van der Waals surface area contributed by atoms with Crippen LogP contribution in [0.1, 0.15) is 5.76 Å². The largest absolute Gasteiger partial charge is 0.469 e. The second kappa shape index (κ2) is 7.26. The Hall–Kier alpha value is -2.01. The maximum atomic E-state index is 12.1. The Bertz CT molecular complexity index is 876. The Balaban J connectivity index is 1.64. The first-order valence-electron chi connectivity index (χ1n) is 6.98. The summed E-state index contributed by atoms with van der Waals surface area (Å²) < 4.78 is 7.67. The van der Waals surface area contributed by atoms with Crippen molar-refractivity contribution in [2.75, 3.05) is 16.9 Å². The zero-order valence-electron chi connectivity index (χ0n) is 12.7. The molecule has 0 aliphatic heterocycles. The SMILES string of the molecule is Cc1occc1-c1nnc(SCC(=O)Nc2cccc(I)c2)n1N. The first-order valence-corrected chi connectivity index (χ1v) is 9.04. The van der Waals surface area contributed by atoms with Crippen LogP contribution >= 0.6 is 34.4 Å². The summed E-state index contributed by atoms with van der Waals surface area (Å²) in [6, 6.07) is 9.37. The number of aromatic nitrogens is 3. The molecular weight excluding hydrogens is 441 g/mol. The average Bonchev–Trinajstić information content (AvgIpc) is 3.11. The minimum Gasteiger partial charge on any atom is -0.469 e. The molecule has 3 aromatic rings. The van der Waals surface area contributed by atoms with Crippen molar-refractivity contribution in [3.63, 3.8) is 0 Å². The minimum absolute atomic E-state index is 0.133. The summed E-state index contributed by atoms with van der Waals surface area (Å²) in [5.41, 5.74) is 1.54. The van der Waals surface area contributed by atoms with Crippen molar-refractivity contribution >= 4 is 45.9 Å². The number of thioether (sulfide) groups is 1. The molecular formula is C15H14IN5O2S. The molecule has 1 amide bonds. The topological polar surface area (TPSA) is 99.0 Å². The molecule has 0 spiro atoms. The van der Waals surface area contributed by atoms with Gasteiger partial charge in [-0.1, -0.05) is 17.8 Å². The van der Waals surface area contributed by atoms with E-state index in [2.05, 4.69) is 38.1 Å². The van der Waals surface area contributed by atoms with Gasteiger partial charge in [-0.15, -0.1) is 10.2 Å². The van der Waals surface area contributed by atoms with Gasteiger partial charge in [0, 0.05) is 9.26 Å². The van der Waals surface area contributed by atoms with Crippen molar-refractivity contribution in [2.45, 2.75) is 12.1 Å². The second-order valence-corrected chi connectivity index (χ2v) is 7.10. The van der Waals surface area contributed by atoms with E-state index in [0.29, 0.717) is 16.7 Å². The van der Waals surface area contributed by atoms with Crippen molar-refractivity contribution in [3.05, 3.63) is 45.9 Å². The van der Waals surface area contributed by atoms with Crippen LogP contribution in [0.2, 0.25) is 0 Å². The van der Waals surface area contributed by atoms with E-state index in [1.54, 1.807) is 12.3 Å². The molecule has 0 unspecified atom stereocenters. The lowest BCUT2D eigenvalue weighted by atomic mass is 10.2. The van der Waals surface area contributed by atoms with Gasteiger partial charge in [-0.2, -0.15) is 0 Å². The number of aryl methyl sites for hydroxylation is 1. The van der Waals surface area contributed by atoms with Crippen LogP contribution in [-0.4, -0.2) is 26.5 Å². The van der Waals surface area contributed by atoms with E-state index >= 15 is 0 Å². The van der Waals surface area contributed by atoms with Crippen molar-refractivity contribution in [1.82, 2.24) is 14.9 Å². The van der Waals surface area contributed by atoms with E-state index in [9.17, 15) is 4.79 Å². The molecule has 0 aliphatic rings. The summed E-state index contributed by atoms with van der Waals surface area (Å²) in [5.74, 6) is 7.28. The Morgan fingerprint density at radius 2 is 2.25 bits per heavy atom. The maximum Gasteiger partial charge on any atom is 0.234 e. The zero-order valence-corrected chi connectivity index (χ0v) is 15.7. The molecule has 0 radical (unpaired) electrons. The Morgan fingerprint density at radius 3 is 2.96 bits per heavy atom. The molecule has 0 atom stereocenters. The quantitative estimate of drug-likeness (QED) is 0.349. The third-order valence-electron chi connectivity index (χ3n) is 3.20. The molecule has 2 heterocycles. The summed E-state index contributed by atoms with van der Waals surface area (Å²) in [4.78, 5) is 12.1. The molecule has 9 heteroatoms. The molecule has 1 aromatic carbocycles. The highest BCUT2D eigenvalue weighted by molar-refractivity contribution is 14.1. The lowest BCUT2D eigenvalue weighted by molar-refractivity contribution is -0.113. The first kappa shape index (κ1) is 16.8.